The quantitative estimate of drug-likeness (QED) is 0.279. The number of carbonyl (C=O) groups is 2. The van der Waals surface area contributed by atoms with E-state index in [2.05, 4.69) is 0 Å². The summed E-state index contributed by atoms with van der Waals surface area (Å²) < 4.78 is 13.3. The molecular formula is C20H17FN2O5. The molecule has 0 bridgehead atoms. The predicted octanol–water partition coefficient (Wildman–Crippen LogP) is 3.57. The highest BCUT2D eigenvalue weighted by atomic mass is 19.1. The normalized spacial score (nSPS) is 18.5. The maximum absolute atomic E-state index is 13.3. The summed E-state index contributed by atoms with van der Waals surface area (Å²) >= 11 is 0. The number of non-ortho nitro benzene ring substituents is 1. The number of aliphatic hydroxyl groups excluding tert-OH is 1. The molecule has 0 aliphatic carbocycles. The number of halogens is 1. The Bertz CT molecular complexity index is 967. The Morgan fingerprint density at radius 3 is 2.29 bits per heavy atom. The Balaban J connectivity index is 2.14. The predicted molar refractivity (Wildman–Crippen MR) is 98.8 cm³/mol. The van der Waals surface area contributed by atoms with Crippen LogP contribution in [0, 0.1) is 15.9 Å². The number of hydrogen-bond donors (Lipinski definition) is 1. The van der Waals surface area contributed by atoms with Gasteiger partial charge in [0.2, 0.25) is 0 Å². The highest BCUT2D eigenvalue weighted by molar-refractivity contribution is 6.46. The highest BCUT2D eigenvalue weighted by Crippen LogP contribution is 2.39. The summed E-state index contributed by atoms with van der Waals surface area (Å²) in [7, 11) is 0. The third-order valence-electron chi connectivity index (χ3n) is 4.54. The van der Waals surface area contributed by atoms with E-state index in [1.807, 2.05) is 6.92 Å². The van der Waals surface area contributed by atoms with Crippen LogP contribution >= 0.6 is 0 Å². The maximum atomic E-state index is 13.3. The Hall–Kier alpha value is -3.55. The Labute approximate surface area is 159 Å². The lowest BCUT2D eigenvalue weighted by Gasteiger charge is -2.24. The molecular weight excluding hydrogens is 367 g/mol. The molecule has 0 spiro atoms. The van der Waals surface area contributed by atoms with Crippen LogP contribution in [0.5, 0.6) is 0 Å². The number of nitro groups is 1. The summed E-state index contributed by atoms with van der Waals surface area (Å²) in [6, 6.07) is 9.49. The molecule has 0 saturated carbocycles. The Morgan fingerprint density at radius 1 is 1.14 bits per heavy atom. The SMILES string of the molecule is CCCN1C(=O)C(=O)/C(=C(\O)c2ccc([N+](=O)[O-])cc2)C1c1ccc(F)cc1. The van der Waals surface area contributed by atoms with Crippen molar-refractivity contribution in [3.8, 4) is 0 Å². The Kier molecular flexibility index (Phi) is 5.21. The van der Waals surface area contributed by atoms with Crippen LogP contribution in [0.15, 0.2) is 54.1 Å². The van der Waals surface area contributed by atoms with Gasteiger partial charge in [0.25, 0.3) is 17.4 Å². The van der Waals surface area contributed by atoms with Crippen LogP contribution in [-0.2, 0) is 9.59 Å². The van der Waals surface area contributed by atoms with Gasteiger partial charge >= 0.3 is 0 Å². The average molecular weight is 384 g/mol. The van der Waals surface area contributed by atoms with E-state index in [1.165, 1.54) is 53.4 Å². The fraction of sp³-hybridized carbons (Fsp3) is 0.200. The summed E-state index contributed by atoms with van der Waals surface area (Å²) in [4.78, 5) is 36.7. The van der Waals surface area contributed by atoms with Gasteiger partial charge in [0.15, 0.2) is 0 Å². The molecule has 28 heavy (non-hydrogen) atoms. The number of likely N-dealkylation sites (tertiary alicyclic amines) is 1. The molecule has 2 aromatic carbocycles. The van der Waals surface area contributed by atoms with E-state index in [9.17, 15) is 29.2 Å². The van der Waals surface area contributed by atoms with Gasteiger partial charge in [0, 0.05) is 24.2 Å². The number of aliphatic hydroxyl groups is 1. The van der Waals surface area contributed by atoms with Crippen LogP contribution in [0.25, 0.3) is 5.76 Å². The van der Waals surface area contributed by atoms with Gasteiger partial charge in [-0.25, -0.2) is 4.39 Å². The summed E-state index contributed by atoms with van der Waals surface area (Å²) in [6.45, 7) is 2.13. The molecule has 1 fully saturated rings. The second-order valence-corrected chi connectivity index (χ2v) is 6.35. The van der Waals surface area contributed by atoms with Gasteiger partial charge in [0.1, 0.15) is 11.6 Å². The van der Waals surface area contributed by atoms with Gasteiger partial charge in [-0.2, -0.15) is 0 Å². The van der Waals surface area contributed by atoms with Crippen molar-refractivity contribution in [3.05, 3.63) is 81.2 Å². The minimum atomic E-state index is -0.865. The second kappa shape index (κ2) is 7.59. The largest absolute Gasteiger partial charge is 0.507 e. The van der Waals surface area contributed by atoms with E-state index in [0.717, 1.165) is 0 Å². The molecule has 144 valence electrons. The van der Waals surface area contributed by atoms with Crippen molar-refractivity contribution in [1.82, 2.24) is 4.90 Å². The second-order valence-electron chi connectivity index (χ2n) is 6.35. The van der Waals surface area contributed by atoms with Crippen molar-refractivity contribution < 1.29 is 24.0 Å². The Morgan fingerprint density at radius 2 is 1.75 bits per heavy atom. The van der Waals surface area contributed by atoms with Gasteiger partial charge in [-0.1, -0.05) is 19.1 Å². The van der Waals surface area contributed by atoms with Gasteiger partial charge < -0.3 is 10.0 Å². The molecule has 7 nitrogen and oxygen atoms in total. The number of ketones is 1. The zero-order chi connectivity index (χ0) is 20.4. The number of nitro benzene ring substituents is 1. The third-order valence-corrected chi connectivity index (χ3v) is 4.54. The van der Waals surface area contributed by atoms with Crippen LogP contribution in [0.2, 0.25) is 0 Å². The first-order chi connectivity index (χ1) is 13.3. The monoisotopic (exact) mass is 384 g/mol. The van der Waals surface area contributed by atoms with E-state index >= 15 is 0 Å². The molecule has 8 heteroatoms. The smallest absolute Gasteiger partial charge is 0.295 e. The molecule has 3 rings (SSSR count). The van der Waals surface area contributed by atoms with E-state index < -0.39 is 34.2 Å². The van der Waals surface area contributed by atoms with Gasteiger partial charge in [-0.3, -0.25) is 19.7 Å². The molecule has 1 amide bonds. The average Bonchev–Trinajstić information content (AvgIpc) is 2.93. The van der Waals surface area contributed by atoms with E-state index in [4.69, 9.17) is 0 Å². The van der Waals surface area contributed by atoms with Crippen LogP contribution < -0.4 is 0 Å². The molecule has 1 heterocycles. The lowest BCUT2D eigenvalue weighted by Crippen LogP contribution is -2.30. The molecule has 1 N–H and O–H groups in total. The highest BCUT2D eigenvalue weighted by Gasteiger charge is 2.45. The van der Waals surface area contributed by atoms with Crippen molar-refractivity contribution in [2.75, 3.05) is 6.54 Å². The molecule has 1 aliphatic heterocycles. The van der Waals surface area contributed by atoms with Gasteiger partial charge in [-0.05, 0) is 36.2 Å². The lowest BCUT2D eigenvalue weighted by molar-refractivity contribution is -0.384. The van der Waals surface area contributed by atoms with Gasteiger partial charge in [-0.15, -0.1) is 0 Å². The maximum Gasteiger partial charge on any atom is 0.295 e. The molecule has 1 unspecified atom stereocenters. The number of carbonyl (C=O) groups excluding carboxylic acids is 2. The van der Waals surface area contributed by atoms with Crippen molar-refractivity contribution in [1.29, 1.82) is 0 Å². The molecule has 0 aromatic heterocycles. The standard InChI is InChI=1S/C20H17FN2O5/c1-2-11-22-17(12-3-7-14(21)8-4-12)16(19(25)20(22)26)18(24)13-5-9-15(10-6-13)23(27)28/h3-10,17,24H,2,11H2,1H3/b18-16-. The molecule has 0 radical (unpaired) electrons. The van der Waals surface area contributed by atoms with Crippen molar-refractivity contribution in [2.45, 2.75) is 19.4 Å². The topological polar surface area (TPSA) is 101 Å². The lowest BCUT2D eigenvalue weighted by atomic mass is 9.95. The van der Waals surface area contributed by atoms with Crippen LogP contribution in [0.1, 0.15) is 30.5 Å². The van der Waals surface area contributed by atoms with E-state index in [1.54, 1.807) is 0 Å². The van der Waals surface area contributed by atoms with Crippen LogP contribution in [-0.4, -0.2) is 33.2 Å². The minimum absolute atomic E-state index is 0.126. The zero-order valence-corrected chi connectivity index (χ0v) is 15.0. The number of rotatable bonds is 5. The van der Waals surface area contributed by atoms with Crippen LogP contribution in [0.3, 0.4) is 0 Å². The fourth-order valence-corrected chi connectivity index (χ4v) is 3.24. The molecule has 1 saturated heterocycles. The fourth-order valence-electron chi connectivity index (χ4n) is 3.24. The number of Topliss-reactive ketones (excluding diaryl/α,β-unsaturated/α-hetero) is 1. The van der Waals surface area contributed by atoms with Crippen molar-refractivity contribution in [2.24, 2.45) is 0 Å². The summed E-state index contributed by atoms with van der Waals surface area (Å²) in [5.41, 5.74) is 0.363. The number of hydrogen-bond acceptors (Lipinski definition) is 5. The van der Waals surface area contributed by atoms with E-state index in [-0.39, 0.29) is 23.4 Å². The summed E-state index contributed by atoms with van der Waals surface area (Å²) in [5.74, 6) is -2.49. The van der Waals surface area contributed by atoms with Gasteiger partial charge in [0.05, 0.1) is 16.5 Å². The minimum Gasteiger partial charge on any atom is -0.507 e. The summed E-state index contributed by atoms with van der Waals surface area (Å²) in [6.07, 6.45) is 0.586. The van der Waals surface area contributed by atoms with E-state index in [0.29, 0.717) is 12.0 Å². The van der Waals surface area contributed by atoms with Crippen molar-refractivity contribution >= 4 is 23.1 Å². The first kappa shape index (κ1) is 19.2. The zero-order valence-electron chi connectivity index (χ0n) is 15.0. The summed E-state index contributed by atoms with van der Waals surface area (Å²) in [5, 5.41) is 21.6. The first-order valence-electron chi connectivity index (χ1n) is 8.63. The first-order valence-corrected chi connectivity index (χ1v) is 8.63. The van der Waals surface area contributed by atoms with Crippen LogP contribution in [0.4, 0.5) is 10.1 Å². The van der Waals surface area contributed by atoms with Crippen molar-refractivity contribution in [3.63, 3.8) is 0 Å². The molecule has 1 aliphatic rings. The molecule has 2 aromatic rings. The molecule has 1 atom stereocenters. The number of benzene rings is 2. The third kappa shape index (κ3) is 3.36. The number of amides is 1. The number of nitrogens with zero attached hydrogens (tertiary/aromatic N) is 2.